The van der Waals surface area contributed by atoms with Crippen molar-refractivity contribution in [3.63, 3.8) is 0 Å². The predicted molar refractivity (Wildman–Crippen MR) is 150 cm³/mol. The highest BCUT2D eigenvalue weighted by Gasteiger charge is 2.29. The molecule has 0 aliphatic carbocycles. The summed E-state index contributed by atoms with van der Waals surface area (Å²) < 4.78 is 35.4. The average molecular weight is 551 g/mol. The normalized spacial score (nSPS) is 11.5. The molecule has 1 aromatic heterocycles. The number of hydrazone groups is 1. The van der Waals surface area contributed by atoms with Gasteiger partial charge in [0.15, 0.2) is 0 Å². The van der Waals surface area contributed by atoms with Crippen molar-refractivity contribution in [2.75, 3.05) is 18.0 Å². The maximum absolute atomic E-state index is 13.5. The zero-order valence-corrected chi connectivity index (χ0v) is 22.7. The second-order valence-electron chi connectivity index (χ2n) is 8.43. The van der Waals surface area contributed by atoms with Gasteiger partial charge in [-0.15, -0.1) is 0 Å². The van der Waals surface area contributed by atoms with Gasteiger partial charge >= 0.3 is 0 Å². The van der Waals surface area contributed by atoms with E-state index in [-0.39, 0.29) is 10.6 Å². The van der Waals surface area contributed by atoms with E-state index in [1.807, 2.05) is 48.7 Å². The number of nitrogens with one attached hydrogen (secondary N) is 1. The fraction of sp³-hybridized carbons (Fsp3) is 0.143. The van der Waals surface area contributed by atoms with Gasteiger partial charge in [-0.25, -0.2) is 13.8 Å². The zero-order valence-electron chi connectivity index (χ0n) is 21.1. The molecule has 0 atom stereocenters. The van der Waals surface area contributed by atoms with Gasteiger partial charge in [0.25, 0.3) is 15.9 Å². The number of hydrogen-bond donors (Lipinski definition) is 1. The van der Waals surface area contributed by atoms with Gasteiger partial charge in [0.2, 0.25) is 0 Å². The van der Waals surface area contributed by atoms with E-state index in [2.05, 4.69) is 10.5 Å². The highest BCUT2D eigenvalue weighted by atomic mass is 35.5. The molecule has 3 aromatic carbocycles. The molecular formula is C28H27ClN4O4S. The molecule has 1 amide bonds. The number of carbonyl (C=O) groups is 1. The summed E-state index contributed by atoms with van der Waals surface area (Å²) in [6, 6.07) is 24.0. The fourth-order valence-corrected chi connectivity index (χ4v) is 5.76. The van der Waals surface area contributed by atoms with Gasteiger partial charge in [0.1, 0.15) is 12.3 Å². The van der Waals surface area contributed by atoms with Crippen molar-refractivity contribution < 1.29 is 17.9 Å². The van der Waals surface area contributed by atoms with E-state index in [0.29, 0.717) is 10.8 Å². The number of sulfonamides is 1. The maximum atomic E-state index is 13.5. The Labute approximate surface area is 227 Å². The second kappa shape index (κ2) is 11.5. The maximum Gasteiger partial charge on any atom is 0.264 e. The summed E-state index contributed by atoms with van der Waals surface area (Å²) in [6.45, 7) is 3.40. The third-order valence-electron chi connectivity index (χ3n) is 5.90. The summed E-state index contributed by atoms with van der Waals surface area (Å²) >= 11 is 6.16. The van der Waals surface area contributed by atoms with E-state index in [1.165, 1.54) is 25.5 Å². The summed E-state index contributed by atoms with van der Waals surface area (Å²) in [5.74, 6) is -0.299. The van der Waals surface area contributed by atoms with Crippen molar-refractivity contribution in [3.05, 3.63) is 107 Å². The molecule has 0 bridgehead atoms. The van der Waals surface area contributed by atoms with Crippen LogP contribution in [0.5, 0.6) is 5.75 Å². The number of amides is 1. The molecule has 0 spiro atoms. The Morgan fingerprint density at radius 2 is 1.74 bits per heavy atom. The smallest absolute Gasteiger partial charge is 0.264 e. The van der Waals surface area contributed by atoms with Crippen LogP contribution in [0.15, 0.2) is 94.9 Å². The summed E-state index contributed by atoms with van der Waals surface area (Å²) in [4.78, 5) is 13.0. The minimum Gasteiger partial charge on any atom is -0.495 e. The Morgan fingerprint density at radius 3 is 2.45 bits per heavy atom. The largest absolute Gasteiger partial charge is 0.495 e. The van der Waals surface area contributed by atoms with Crippen molar-refractivity contribution in [1.29, 1.82) is 0 Å². The monoisotopic (exact) mass is 550 g/mol. The van der Waals surface area contributed by atoms with Crippen molar-refractivity contribution in [2.24, 2.45) is 5.10 Å². The summed E-state index contributed by atoms with van der Waals surface area (Å²) in [5.41, 5.74) is 6.27. The third kappa shape index (κ3) is 5.74. The third-order valence-corrected chi connectivity index (χ3v) is 7.91. The van der Waals surface area contributed by atoms with Crippen LogP contribution in [0.1, 0.15) is 17.0 Å². The number of hydrogen-bond acceptors (Lipinski definition) is 5. The van der Waals surface area contributed by atoms with Crippen molar-refractivity contribution >= 4 is 39.4 Å². The molecule has 38 heavy (non-hydrogen) atoms. The number of aromatic nitrogens is 1. The first-order valence-corrected chi connectivity index (χ1v) is 13.5. The number of methoxy groups -OCH3 is 1. The van der Waals surface area contributed by atoms with Gasteiger partial charge in [-0.1, -0.05) is 48.0 Å². The quantitative estimate of drug-likeness (QED) is 0.232. The van der Waals surface area contributed by atoms with Crippen LogP contribution in [-0.2, 0) is 14.8 Å². The van der Waals surface area contributed by atoms with E-state index in [9.17, 15) is 13.2 Å². The van der Waals surface area contributed by atoms with Crippen LogP contribution >= 0.6 is 11.6 Å². The number of benzene rings is 3. The predicted octanol–water partition coefficient (Wildman–Crippen LogP) is 5.10. The topological polar surface area (TPSA) is 93.0 Å². The van der Waals surface area contributed by atoms with Crippen LogP contribution in [0, 0.1) is 13.8 Å². The van der Waals surface area contributed by atoms with Crippen LogP contribution < -0.4 is 14.5 Å². The van der Waals surface area contributed by atoms with Crippen LogP contribution in [0.4, 0.5) is 5.69 Å². The van der Waals surface area contributed by atoms with E-state index in [4.69, 9.17) is 16.3 Å². The molecule has 0 saturated heterocycles. The lowest BCUT2D eigenvalue weighted by molar-refractivity contribution is -0.119. The molecule has 0 aliphatic heterocycles. The molecule has 0 unspecified atom stereocenters. The van der Waals surface area contributed by atoms with Gasteiger partial charge in [0, 0.05) is 27.7 Å². The number of para-hydroxylation sites is 2. The number of carbonyl (C=O) groups excluding carboxylic acids is 1. The molecule has 4 rings (SSSR count). The molecule has 4 aromatic rings. The first-order valence-electron chi connectivity index (χ1n) is 11.7. The number of ether oxygens (including phenoxy) is 1. The van der Waals surface area contributed by atoms with Gasteiger partial charge in [-0.2, -0.15) is 5.10 Å². The molecule has 196 valence electrons. The lowest BCUT2D eigenvalue weighted by atomic mass is 10.2. The minimum atomic E-state index is -4.08. The van der Waals surface area contributed by atoms with Crippen molar-refractivity contribution in [1.82, 2.24) is 9.99 Å². The number of aryl methyl sites for hydroxylation is 1. The molecule has 0 radical (unpaired) electrons. The van der Waals surface area contributed by atoms with Crippen LogP contribution in [0.3, 0.4) is 0 Å². The summed E-state index contributed by atoms with van der Waals surface area (Å²) in [5, 5.41) is 4.72. The Kier molecular flexibility index (Phi) is 8.19. The van der Waals surface area contributed by atoms with Crippen molar-refractivity contribution in [2.45, 2.75) is 18.7 Å². The first kappa shape index (κ1) is 27.0. The van der Waals surface area contributed by atoms with E-state index in [0.717, 1.165) is 26.9 Å². The SMILES string of the molecule is COc1ccccc1N(CC(=O)N/N=C\c1cc(C)n(-c2cccc(Cl)c2)c1C)S(=O)(=O)c1ccccc1. The van der Waals surface area contributed by atoms with E-state index >= 15 is 0 Å². The van der Waals surface area contributed by atoms with Gasteiger partial charge in [0.05, 0.1) is 23.9 Å². The molecule has 0 fully saturated rings. The molecule has 1 heterocycles. The minimum absolute atomic E-state index is 0.0515. The highest BCUT2D eigenvalue weighted by Crippen LogP contribution is 2.32. The molecule has 0 aliphatic rings. The zero-order chi connectivity index (χ0) is 27.3. The number of anilines is 1. The number of rotatable bonds is 9. The first-order chi connectivity index (χ1) is 18.2. The van der Waals surface area contributed by atoms with Gasteiger partial charge in [-0.05, 0) is 62.4 Å². The fourth-order valence-electron chi connectivity index (χ4n) is 4.13. The second-order valence-corrected chi connectivity index (χ2v) is 10.7. The van der Waals surface area contributed by atoms with E-state index in [1.54, 1.807) is 42.5 Å². The van der Waals surface area contributed by atoms with Crippen molar-refractivity contribution in [3.8, 4) is 11.4 Å². The van der Waals surface area contributed by atoms with Gasteiger partial charge < -0.3 is 9.30 Å². The highest BCUT2D eigenvalue weighted by molar-refractivity contribution is 7.92. The Morgan fingerprint density at radius 1 is 1.03 bits per heavy atom. The van der Waals surface area contributed by atoms with E-state index < -0.39 is 22.5 Å². The molecule has 8 nitrogen and oxygen atoms in total. The van der Waals surface area contributed by atoms with Crippen LogP contribution in [0.25, 0.3) is 5.69 Å². The van der Waals surface area contributed by atoms with Gasteiger partial charge in [-0.3, -0.25) is 9.10 Å². The standard InChI is InChI=1S/C28H27ClN4O4S/c1-20-16-22(21(2)33(20)24-11-9-10-23(29)17-24)18-30-31-28(34)19-32(26-14-7-8-15-27(26)37-3)38(35,36)25-12-5-4-6-13-25/h4-18H,19H2,1-3H3,(H,31,34)/b30-18-. The average Bonchev–Trinajstić information content (AvgIpc) is 3.20. The number of nitrogens with zero attached hydrogens (tertiary/aromatic N) is 3. The lowest BCUT2D eigenvalue weighted by Crippen LogP contribution is -2.39. The molecule has 0 saturated carbocycles. The number of halogens is 1. The van der Waals surface area contributed by atoms with Crippen LogP contribution in [0.2, 0.25) is 5.02 Å². The summed E-state index contributed by atoms with van der Waals surface area (Å²) in [6.07, 6.45) is 1.53. The Balaban J connectivity index is 1.57. The molecular weight excluding hydrogens is 524 g/mol. The Hall–Kier alpha value is -4.08. The summed E-state index contributed by atoms with van der Waals surface area (Å²) in [7, 11) is -2.63. The Bertz CT molecular complexity index is 1580. The lowest BCUT2D eigenvalue weighted by Gasteiger charge is -2.25. The van der Waals surface area contributed by atoms with Crippen LogP contribution in [-0.4, -0.2) is 38.8 Å². The molecule has 1 N–H and O–H groups in total. The molecule has 10 heteroatoms.